The highest BCUT2D eigenvalue weighted by Crippen LogP contribution is 2.47. The standard InChI is InChI=1S/C36H30N2/c1-3-10-25(11-4-1)28-18-29(26-12-5-2-6-13-26)22-33(21-28)37-32-15-9-14-27(20-32)35-16-7-8-17-36(35)38-34-23-30-19-31(30)24-34/h1-18,20-23,31,34,37-38H,19,24H2. The lowest BCUT2D eigenvalue weighted by atomic mass is 9.98. The molecular weight excluding hydrogens is 460 g/mol. The minimum Gasteiger partial charge on any atom is -0.378 e. The smallest absolute Gasteiger partial charge is 0.0453 e. The molecule has 2 nitrogen and oxygen atoms in total. The van der Waals surface area contributed by atoms with Crippen LogP contribution in [0.25, 0.3) is 33.4 Å². The average Bonchev–Trinajstić information content (AvgIpc) is 3.59. The first-order chi connectivity index (χ1) is 18.8. The first-order valence-electron chi connectivity index (χ1n) is 13.5. The fourth-order valence-corrected chi connectivity index (χ4v) is 5.68. The lowest BCUT2D eigenvalue weighted by molar-refractivity contribution is 0.727. The summed E-state index contributed by atoms with van der Waals surface area (Å²) in [5, 5.41) is 7.50. The molecule has 2 unspecified atom stereocenters. The first kappa shape index (κ1) is 22.6. The Kier molecular flexibility index (Phi) is 5.79. The van der Waals surface area contributed by atoms with Crippen LogP contribution in [0.3, 0.4) is 0 Å². The van der Waals surface area contributed by atoms with Crippen LogP contribution in [0, 0.1) is 5.92 Å². The summed E-state index contributed by atoms with van der Waals surface area (Å²) in [5.41, 5.74) is 12.2. The molecule has 0 saturated heterocycles. The summed E-state index contributed by atoms with van der Waals surface area (Å²) < 4.78 is 0. The molecule has 0 spiro atoms. The molecule has 0 heterocycles. The Morgan fingerprint density at radius 3 is 1.84 bits per heavy atom. The molecule has 1 fully saturated rings. The van der Waals surface area contributed by atoms with E-state index in [-0.39, 0.29) is 0 Å². The number of nitrogens with one attached hydrogen (secondary N) is 2. The second-order valence-electron chi connectivity index (χ2n) is 10.4. The fraction of sp³-hybridized carbons (Fsp3) is 0.111. The van der Waals surface area contributed by atoms with Crippen molar-refractivity contribution in [1.29, 1.82) is 0 Å². The molecule has 2 aliphatic carbocycles. The van der Waals surface area contributed by atoms with Crippen LogP contribution in [0.4, 0.5) is 17.1 Å². The number of fused-ring (bicyclic) bond motifs is 1. The molecule has 1 saturated carbocycles. The van der Waals surface area contributed by atoms with Gasteiger partial charge in [-0.15, -0.1) is 0 Å². The van der Waals surface area contributed by atoms with Crippen molar-refractivity contribution in [3.8, 4) is 33.4 Å². The maximum Gasteiger partial charge on any atom is 0.0453 e. The summed E-state index contributed by atoms with van der Waals surface area (Å²) in [7, 11) is 0. The Hall–Kier alpha value is -4.56. The summed E-state index contributed by atoms with van der Waals surface area (Å²) in [4.78, 5) is 0. The zero-order valence-electron chi connectivity index (χ0n) is 21.3. The van der Waals surface area contributed by atoms with Crippen LogP contribution in [0.15, 0.2) is 139 Å². The van der Waals surface area contributed by atoms with Crippen molar-refractivity contribution in [2.45, 2.75) is 18.9 Å². The van der Waals surface area contributed by atoms with Gasteiger partial charge in [0.2, 0.25) is 0 Å². The maximum absolute atomic E-state index is 3.79. The zero-order chi connectivity index (χ0) is 25.3. The van der Waals surface area contributed by atoms with Gasteiger partial charge >= 0.3 is 0 Å². The van der Waals surface area contributed by atoms with Crippen molar-refractivity contribution < 1.29 is 0 Å². The first-order valence-corrected chi connectivity index (χ1v) is 13.5. The molecule has 0 amide bonds. The van der Waals surface area contributed by atoms with Gasteiger partial charge in [0.1, 0.15) is 0 Å². The summed E-state index contributed by atoms with van der Waals surface area (Å²) in [6.07, 6.45) is 4.97. The number of para-hydroxylation sites is 1. The second-order valence-corrected chi connectivity index (χ2v) is 10.4. The van der Waals surface area contributed by atoms with E-state index in [0.717, 1.165) is 17.3 Å². The van der Waals surface area contributed by atoms with Gasteiger partial charge in [-0.25, -0.2) is 0 Å². The molecule has 0 bridgehead atoms. The molecule has 7 rings (SSSR count). The maximum atomic E-state index is 3.79. The number of benzene rings is 5. The minimum atomic E-state index is 0.448. The lowest BCUT2D eigenvalue weighted by Gasteiger charge is -2.18. The van der Waals surface area contributed by atoms with E-state index in [4.69, 9.17) is 0 Å². The molecular formula is C36H30N2. The van der Waals surface area contributed by atoms with E-state index in [0.29, 0.717) is 6.04 Å². The lowest BCUT2D eigenvalue weighted by Crippen LogP contribution is -2.15. The SMILES string of the molecule is C1=C2CC2CC1Nc1ccccc1-c1cccc(Nc2cc(-c3ccccc3)cc(-c3ccccc3)c2)c1. The average molecular weight is 491 g/mol. The van der Waals surface area contributed by atoms with Crippen LogP contribution >= 0.6 is 0 Å². The van der Waals surface area contributed by atoms with Gasteiger partial charge in [0.15, 0.2) is 0 Å². The summed E-state index contributed by atoms with van der Waals surface area (Å²) >= 11 is 0. The second kappa shape index (κ2) is 9.72. The highest BCUT2D eigenvalue weighted by Gasteiger charge is 2.37. The van der Waals surface area contributed by atoms with E-state index < -0.39 is 0 Å². The van der Waals surface area contributed by atoms with Crippen LogP contribution in [-0.4, -0.2) is 6.04 Å². The van der Waals surface area contributed by atoms with Gasteiger partial charge in [-0.2, -0.15) is 0 Å². The number of hydrogen-bond acceptors (Lipinski definition) is 2. The Morgan fingerprint density at radius 1 is 0.526 bits per heavy atom. The van der Waals surface area contributed by atoms with E-state index >= 15 is 0 Å². The van der Waals surface area contributed by atoms with Crippen molar-refractivity contribution in [2.75, 3.05) is 10.6 Å². The molecule has 0 aliphatic heterocycles. The molecule has 2 atom stereocenters. The van der Waals surface area contributed by atoms with Gasteiger partial charge in [-0.3, -0.25) is 0 Å². The Labute approximate surface area is 224 Å². The minimum absolute atomic E-state index is 0.448. The summed E-state index contributed by atoms with van der Waals surface area (Å²) in [5.74, 6) is 0.833. The van der Waals surface area contributed by atoms with Crippen molar-refractivity contribution in [3.05, 3.63) is 139 Å². The van der Waals surface area contributed by atoms with Crippen LogP contribution in [0.1, 0.15) is 12.8 Å². The van der Waals surface area contributed by atoms with E-state index in [1.165, 1.54) is 51.9 Å². The van der Waals surface area contributed by atoms with Gasteiger partial charge in [0.25, 0.3) is 0 Å². The van der Waals surface area contributed by atoms with Gasteiger partial charge in [0.05, 0.1) is 0 Å². The molecule has 5 aromatic rings. The van der Waals surface area contributed by atoms with E-state index in [1.807, 2.05) is 0 Å². The van der Waals surface area contributed by atoms with Gasteiger partial charge in [-0.1, -0.05) is 103 Å². The summed E-state index contributed by atoms with van der Waals surface area (Å²) in [6, 6.07) is 45.8. The van der Waals surface area contributed by atoms with Gasteiger partial charge in [-0.05, 0) is 83.0 Å². The topological polar surface area (TPSA) is 24.1 Å². The van der Waals surface area contributed by atoms with Crippen molar-refractivity contribution in [1.82, 2.24) is 0 Å². The van der Waals surface area contributed by atoms with Crippen LogP contribution in [0.5, 0.6) is 0 Å². The molecule has 5 aromatic carbocycles. The van der Waals surface area contributed by atoms with Crippen LogP contribution < -0.4 is 10.6 Å². The van der Waals surface area contributed by atoms with Crippen molar-refractivity contribution in [3.63, 3.8) is 0 Å². The molecule has 38 heavy (non-hydrogen) atoms. The quantitative estimate of drug-likeness (QED) is 0.222. The Morgan fingerprint density at radius 2 is 1.16 bits per heavy atom. The summed E-state index contributed by atoms with van der Waals surface area (Å²) in [6.45, 7) is 0. The van der Waals surface area contributed by atoms with E-state index in [9.17, 15) is 0 Å². The van der Waals surface area contributed by atoms with Crippen LogP contribution in [-0.2, 0) is 0 Å². The molecule has 2 aliphatic rings. The van der Waals surface area contributed by atoms with Crippen LogP contribution in [0.2, 0.25) is 0 Å². The third-order valence-electron chi connectivity index (χ3n) is 7.68. The predicted octanol–water partition coefficient (Wildman–Crippen LogP) is 9.56. The molecule has 184 valence electrons. The Bertz CT molecular complexity index is 1560. The van der Waals surface area contributed by atoms with Crippen molar-refractivity contribution >= 4 is 17.1 Å². The third kappa shape index (κ3) is 4.73. The monoisotopic (exact) mass is 490 g/mol. The number of allylic oxidation sites excluding steroid dienone is 1. The highest BCUT2D eigenvalue weighted by atomic mass is 14.9. The number of anilines is 3. The number of hydrogen-bond donors (Lipinski definition) is 2. The third-order valence-corrected chi connectivity index (χ3v) is 7.68. The zero-order valence-corrected chi connectivity index (χ0v) is 21.3. The molecule has 0 aromatic heterocycles. The van der Waals surface area contributed by atoms with Gasteiger partial charge < -0.3 is 10.6 Å². The molecule has 2 N–H and O–H groups in total. The largest absolute Gasteiger partial charge is 0.378 e. The normalized spacial score (nSPS) is 17.4. The van der Waals surface area contributed by atoms with E-state index in [1.54, 1.807) is 5.57 Å². The highest BCUT2D eigenvalue weighted by molar-refractivity contribution is 5.83. The molecule has 2 heteroatoms. The Balaban J connectivity index is 1.21. The van der Waals surface area contributed by atoms with E-state index in [2.05, 4.69) is 144 Å². The van der Waals surface area contributed by atoms with Crippen molar-refractivity contribution in [2.24, 2.45) is 5.92 Å². The van der Waals surface area contributed by atoms with Gasteiger partial charge in [0, 0.05) is 28.7 Å². The number of rotatable bonds is 7. The molecule has 0 radical (unpaired) electrons. The predicted molar refractivity (Wildman–Crippen MR) is 161 cm³/mol. The fourth-order valence-electron chi connectivity index (χ4n) is 5.68.